The van der Waals surface area contributed by atoms with Gasteiger partial charge in [-0.2, -0.15) is 0 Å². The molecule has 1 aliphatic heterocycles. The Kier molecular flexibility index (Phi) is 6.06. The number of hydrogen-bond donors (Lipinski definition) is 1. The zero-order valence-corrected chi connectivity index (χ0v) is 18.1. The number of hydrogen-bond acceptors (Lipinski definition) is 5. The highest BCUT2D eigenvalue weighted by Crippen LogP contribution is 2.26. The zero-order chi connectivity index (χ0) is 23.5. The number of ether oxygens (including phenoxy) is 1. The van der Waals surface area contributed by atoms with Crippen molar-refractivity contribution in [1.82, 2.24) is 5.32 Å². The van der Waals surface area contributed by atoms with Gasteiger partial charge in [0, 0.05) is 10.6 Å². The summed E-state index contributed by atoms with van der Waals surface area (Å²) in [5.41, 5.74) is 1.64. The normalized spacial score (nSPS) is 14.9. The van der Waals surface area contributed by atoms with Crippen LogP contribution in [0, 0.1) is 6.92 Å². The number of benzene rings is 3. The number of carbonyl (C=O) groups is 4. The van der Waals surface area contributed by atoms with Gasteiger partial charge in [-0.05, 0) is 55.5 Å². The molecule has 0 aliphatic carbocycles. The third kappa shape index (κ3) is 4.68. The molecule has 0 saturated carbocycles. The number of amides is 4. The Labute approximate surface area is 194 Å². The average Bonchev–Trinajstić information content (AvgIpc) is 2.79. The highest BCUT2D eigenvalue weighted by atomic mass is 35.5. The van der Waals surface area contributed by atoms with Gasteiger partial charge >= 0.3 is 12.0 Å². The molecule has 1 saturated heterocycles. The first-order valence-corrected chi connectivity index (χ1v) is 10.3. The molecule has 8 heteroatoms. The van der Waals surface area contributed by atoms with E-state index in [9.17, 15) is 19.2 Å². The average molecular weight is 461 g/mol. The van der Waals surface area contributed by atoms with E-state index in [1.165, 1.54) is 30.3 Å². The lowest BCUT2D eigenvalue weighted by atomic mass is 10.1. The summed E-state index contributed by atoms with van der Waals surface area (Å²) in [5.74, 6) is -2.09. The zero-order valence-electron chi connectivity index (χ0n) is 17.4. The molecule has 1 heterocycles. The van der Waals surface area contributed by atoms with E-state index in [0.717, 1.165) is 10.5 Å². The molecule has 4 amide bonds. The van der Waals surface area contributed by atoms with Crippen LogP contribution in [0.1, 0.15) is 21.5 Å². The Morgan fingerprint density at radius 1 is 0.939 bits per heavy atom. The van der Waals surface area contributed by atoms with Crippen molar-refractivity contribution >= 4 is 47.2 Å². The lowest BCUT2D eigenvalue weighted by molar-refractivity contribution is -0.122. The summed E-state index contributed by atoms with van der Waals surface area (Å²) >= 11 is 5.88. The van der Waals surface area contributed by atoms with Crippen molar-refractivity contribution in [1.29, 1.82) is 0 Å². The van der Waals surface area contributed by atoms with Crippen LogP contribution in [0.2, 0.25) is 5.02 Å². The number of nitrogens with zero attached hydrogens (tertiary/aromatic N) is 1. The molecule has 1 fully saturated rings. The molecule has 4 rings (SSSR count). The van der Waals surface area contributed by atoms with E-state index >= 15 is 0 Å². The fourth-order valence-corrected chi connectivity index (χ4v) is 3.30. The predicted octanol–water partition coefficient (Wildman–Crippen LogP) is 4.53. The van der Waals surface area contributed by atoms with Crippen molar-refractivity contribution in [2.45, 2.75) is 6.92 Å². The van der Waals surface area contributed by atoms with Gasteiger partial charge in [-0.15, -0.1) is 0 Å². The molecule has 164 valence electrons. The molecule has 33 heavy (non-hydrogen) atoms. The van der Waals surface area contributed by atoms with Crippen molar-refractivity contribution in [3.05, 3.63) is 100 Å². The van der Waals surface area contributed by atoms with Crippen molar-refractivity contribution in [2.24, 2.45) is 0 Å². The number of imide groups is 2. The maximum Gasteiger partial charge on any atom is 0.343 e. The summed E-state index contributed by atoms with van der Waals surface area (Å²) in [4.78, 5) is 51.2. The smallest absolute Gasteiger partial charge is 0.343 e. The SMILES string of the molecule is Cc1ccc(C(=O)Oc2ccccc2C=C2C(=O)NC(=O)N(c3ccc(Cl)cc3)C2=O)cc1. The summed E-state index contributed by atoms with van der Waals surface area (Å²) < 4.78 is 5.51. The van der Waals surface area contributed by atoms with E-state index in [1.807, 2.05) is 6.92 Å². The van der Waals surface area contributed by atoms with Crippen LogP contribution < -0.4 is 15.0 Å². The van der Waals surface area contributed by atoms with Crippen molar-refractivity contribution in [3.8, 4) is 5.75 Å². The molecule has 0 bridgehead atoms. The molecule has 1 N–H and O–H groups in total. The molecular formula is C25H17ClN2O5. The minimum Gasteiger partial charge on any atom is -0.422 e. The van der Waals surface area contributed by atoms with Crippen LogP contribution in [0.3, 0.4) is 0 Å². The van der Waals surface area contributed by atoms with E-state index in [2.05, 4.69) is 5.32 Å². The summed E-state index contributed by atoms with van der Waals surface area (Å²) in [6.45, 7) is 1.90. The van der Waals surface area contributed by atoms with E-state index in [4.69, 9.17) is 16.3 Å². The third-order valence-corrected chi connectivity index (χ3v) is 5.15. The number of carbonyl (C=O) groups excluding carboxylic acids is 4. The van der Waals surface area contributed by atoms with Gasteiger partial charge in [-0.25, -0.2) is 14.5 Å². The Morgan fingerprint density at radius 2 is 1.61 bits per heavy atom. The van der Waals surface area contributed by atoms with E-state index < -0.39 is 23.8 Å². The predicted molar refractivity (Wildman–Crippen MR) is 123 cm³/mol. The van der Waals surface area contributed by atoms with Crippen molar-refractivity contribution in [2.75, 3.05) is 4.90 Å². The molecular weight excluding hydrogens is 444 g/mol. The molecule has 3 aromatic rings. The molecule has 7 nitrogen and oxygen atoms in total. The van der Waals surface area contributed by atoms with Crippen LogP contribution in [0.15, 0.2) is 78.4 Å². The first-order valence-electron chi connectivity index (χ1n) is 9.88. The lowest BCUT2D eigenvalue weighted by Gasteiger charge is -2.26. The van der Waals surface area contributed by atoms with Gasteiger partial charge in [0.15, 0.2) is 0 Å². The molecule has 0 atom stereocenters. The van der Waals surface area contributed by atoms with Gasteiger partial charge in [-0.1, -0.05) is 47.5 Å². The largest absolute Gasteiger partial charge is 0.422 e. The van der Waals surface area contributed by atoms with E-state index in [1.54, 1.807) is 48.5 Å². The Morgan fingerprint density at radius 3 is 2.30 bits per heavy atom. The summed E-state index contributed by atoms with van der Waals surface area (Å²) in [6, 6.07) is 18.5. The van der Waals surface area contributed by atoms with E-state index in [0.29, 0.717) is 16.1 Å². The fraction of sp³-hybridized carbons (Fsp3) is 0.0400. The quantitative estimate of drug-likeness (QED) is 0.267. The Balaban J connectivity index is 1.66. The number of anilines is 1. The molecule has 0 aromatic heterocycles. The van der Waals surface area contributed by atoms with Crippen LogP contribution in [-0.4, -0.2) is 23.8 Å². The van der Waals surface area contributed by atoms with Crippen LogP contribution >= 0.6 is 11.6 Å². The van der Waals surface area contributed by atoms with Crippen LogP contribution in [0.4, 0.5) is 10.5 Å². The maximum atomic E-state index is 13.1. The van der Waals surface area contributed by atoms with Gasteiger partial charge < -0.3 is 4.74 Å². The van der Waals surface area contributed by atoms with Gasteiger partial charge in [0.25, 0.3) is 11.8 Å². The number of urea groups is 1. The van der Waals surface area contributed by atoms with Crippen LogP contribution in [0.5, 0.6) is 5.75 Å². The number of barbiturate groups is 1. The molecule has 0 unspecified atom stereocenters. The lowest BCUT2D eigenvalue weighted by Crippen LogP contribution is -2.54. The molecule has 0 radical (unpaired) electrons. The monoisotopic (exact) mass is 460 g/mol. The summed E-state index contributed by atoms with van der Waals surface area (Å²) in [6.07, 6.45) is 1.28. The third-order valence-electron chi connectivity index (χ3n) is 4.90. The Bertz CT molecular complexity index is 1300. The highest BCUT2D eigenvalue weighted by Gasteiger charge is 2.37. The number of rotatable bonds is 4. The maximum absolute atomic E-state index is 13.1. The summed E-state index contributed by atoms with van der Waals surface area (Å²) in [5, 5.41) is 2.58. The molecule has 3 aromatic carbocycles. The minimum absolute atomic E-state index is 0.158. The number of para-hydroxylation sites is 1. The van der Waals surface area contributed by atoms with Crippen LogP contribution in [-0.2, 0) is 9.59 Å². The first-order chi connectivity index (χ1) is 15.8. The van der Waals surface area contributed by atoms with Gasteiger partial charge in [0.1, 0.15) is 11.3 Å². The second kappa shape index (κ2) is 9.10. The van der Waals surface area contributed by atoms with E-state index in [-0.39, 0.29) is 17.0 Å². The molecule has 1 aliphatic rings. The first kappa shape index (κ1) is 22.0. The highest BCUT2D eigenvalue weighted by molar-refractivity contribution is 6.39. The second-order valence-electron chi connectivity index (χ2n) is 7.23. The van der Waals surface area contributed by atoms with Crippen molar-refractivity contribution in [3.63, 3.8) is 0 Å². The second-order valence-corrected chi connectivity index (χ2v) is 7.66. The van der Waals surface area contributed by atoms with Crippen LogP contribution in [0.25, 0.3) is 6.08 Å². The van der Waals surface area contributed by atoms with Crippen molar-refractivity contribution < 1.29 is 23.9 Å². The summed E-state index contributed by atoms with van der Waals surface area (Å²) in [7, 11) is 0. The number of nitrogens with one attached hydrogen (secondary N) is 1. The Hall–Kier alpha value is -4.23. The number of aryl methyl sites for hydroxylation is 1. The minimum atomic E-state index is -0.872. The molecule has 0 spiro atoms. The topological polar surface area (TPSA) is 92.8 Å². The standard InChI is InChI=1S/C25H17ClN2O5/c1-15-6-8-16(9-7-15)24(31)33-21-5-3-2-4-17(21)14-20-22(29)27-25(32)28(23(20)30)19-12-10-18(26)11-13-19/h2-14H,1H3,(H,27,29,32). The fourth-order valence-electron chi connectivity index (χ4n) is 3.18. The number of halogens is 1. The number of esters is 1. The van der Waals surface area contributed by atoms with Gasteiger partial charge in [0.05, 0.1) is 11.3 Å². The van der Waals surface area contributed by atoms with Gasteiger partial charge in [0.2, 0.25) is 0 Å². The van der Waals surface area contributed by atoms with Gasteiger partial charge in [-0.3, -0.25) is 14.9 Å².